The van der Waals surface area contributed by atoms with Crippen molar-refractivity contribution in [1.82, 2.24) is 15.1 Å². The van der Waals surface area contributed by atoms with Crippen molar-refractivity contribution in [2.45, 2.75) is 58.8 Å². The summed E-state index contributed by atoms with van der Waals surface area (Å²) < 4.78 is 3.27. The lowest BCUT2D eigenvalue weighted by Gasteiger charge is -2.38. The zero-order valence-electron chi connectivity index (χ0n) is 13.1. The predicted octanol–water partition coefficient (Wildman–Crippen LogP) is 3.98. The molecule has 1 aliphatic rings. The van der Waals surface area contributed by atoms with Crippen molar-refractivity contribution >= 4 is 15.9 Å². The van der Waals surface area contributed by atoms with E-state index in [0.29, 0.717) is 5.41 Å². The standard InChI is InChI=1S/C16H28BrN3/c1-4-10-18-12-16(8-6-5-7-9-16)11-14-15(17)13(2)19-20(14)3/h18H,4-12H2,1-3H3. The van der Waals surface area contributed by atoms with Crippen molar-refractivity contribution in [2.24, 2.45) is 12.5 Å². The minimum atomic E-state index is 0.427. The van der Waals surface area contributed by atoms with Gasteiger partial charge in [-0.1, -0.05) is 26.2 Å². The van der Waals surface area contributed by atoms with Gasteiger partial charge in [-0.15, -0.1) is 0 Å². The molecule has 1 heterocycles. The van der Waals surface area contributed by atoms with Gasteiger partial charge in [0, 0.05) is 13.6 Å². The zero-order chi connectivity index (χ0) is 14.6. The number of hydrogen-bond donors (Lipinski definition) is 1. The fraction of sp³-hybridized carbons (Fsp3) is 0.812. The highest BCUT2D eigenvalue weighted by Crippen LogP contribution is 2.40. The molecule has 0 radical (unpaired) electrons. The Kier molecular flexibility index (Phi) is 5.67. The van der Waals surface area contributed by atoms with E-state index in [9.17, 15) is 0 Å². The summed E-state index contributed by atoms with van der Waals surface area (Å²) in [4.78, 5) is 0. The van der Waals surface area contributed by atoms with Gasteiger partial charge in [-0.3, -0.25) is 4.68 Å². The molecular formula is C16H28BrN3. The maximum absolute atomic E-state index is 4.55. The van der Waals surface area contributed by atoms with Crippen molar-refractivity contribution in [2.75, 3.05) is 13.1 Å². The third-order valence-electron chi connectivity index (χ3n) is 4.65. The second kappa shape index (κ2) is 7.08. The van der Waals surface area contributed by atoms with Gasteiger partial charge >= 0.3 is 0 Å². The molecule has 4 heteroatoms. The highest BCUT2D eigenvalue weighted by atomic mass is 79.9. The average Bonchev–Trinajstić information content (AvgIpc) is 2.67. The maximum Gasteiger partial charge on any atom is 0.0738 e. The largest absolute Gasteiger partial charge is 0.316 e. The molecule has 1 saturated carbocycles. The van der Waals surface area contributed by atoms with Crippen molar-refractivity contribution in [1.29, 1.82) is 0 Å². The number of rotatable bonds is 6. The van der Waals surface area contributed by atoms with E-state index in [1.54, 1.807) is 0 Å². The predicted molar refractivity (Wildman–Crippen MR) is 88.0 cm³/mol. The van der Waals surface area contributed by atoms with E-state index < -0.39 is 0 Å². The molecule has 0 aromatic carbocycles. The average molecular weight is 342 g/mol. The molecule has 0 bridgehead atoms. The molecule has 0 saturated heterocycles. The summed E-state index contributed by atoms with van der Waals surface area (Å²) in [5, 5.41) is 8.22. The number of aryl methyl sites for hydroxylation is 2. The van der Waals surface area contributed by atoms with Crippen LogP contribution in [-0.4, -0.2) is 22.9 Å². The summed E-state index contributed by atoms with van der Waals surface area (Å²) >= 11 is 3.73. The van der Waals surface area contributed by atoms with E-state index >= 15 is 0 Å². The molecule has 1 aromatic rings. The Balaban J connectivity index is 2.14. The summed E-state index contributed by atoms with van der Waals surface area (Å²) in [6, 6.07) is 0. The van der Waals surface area contributed by atoms with E-state index in [0.717, 1.165) is 25.2 Å². The maximum atomic E-state index is 4.55. The van der Waals surface area contributed by atoms with Crippen molar-refractivity contribution in [3.8, 4) is 0 Å². The normalized spacial score (nSPS) is 18.4. The molecule has 2 rings (SSSR count). The minimum absolute atomic E-state index is 0.427. The first-order valence-electron chi connectivity index (χ1n) is 7.97. The summed E-state index contributed by atoms with van der Waals surface area (Å²) in [7, 11) is 2.07. The smallest absolute Gasteiger partial charge is 0.0738 e. The van der Waals surface area contributed by atoms with Gasteiger partial charge in [-0.25, -0.2) is 0 Å². The molecule has 1 N–H and O–H groups in total. The van der Waals surface area contributed by atoms with Crippen LogP contribution in [0.1, 0.15) is 56.8 Å². The van der Waals surface area contributed by atoms with Crippen LogP contribution in [0.15, 0.2) is 4.47 Å². The van der Waals surface area contributed by atoms with Gasteiger partial charge in [0.25, 0.3) is 0 Å². The second-order valence-corrected chi connectivity index (χ2v) is 7.18. The van der Waals surface area contributed by atoms with Crippen molar-refractivity contribution < 1.29 is 0 Å². The number of hydrogen-bond acceptors (Lipinski definition) is 2. The second-order valence-electron chi connectivity index (χ2n) is 6.38. The van der Waals surface area contributed by atoms with E-state index in [2.05, 4.69) is 51.9 Å². The zero-order valence-corrected chi connectivity index (χ0v) is 14.7. The van der Waals surface area contributed by atoms with Crippen LogP contribution >= 0.6 is 15.9 Å². The van der Waals surface area contributed by atoms with Gasteiger partial charge in [0.05, 0.1) is 15.9 Å². The van der Waals surface area contributed by atoms with Crippen LogP contribution in [0.3, 0.4) is 0 Å². The highest BCUT2D eigenvalue weighted by molar-refractivity contribution is 9.10. The van der Waals surface area contributed by atoms with Crippen LogP contribution in [0, 0.1) is 12.3 Å². The number of aromatic nitrogens is 2. The SMILES string of the molecule is CCCNCC1(Cc2c(Br)c(C)nn2C)CCCCC1. The molecule has 1 aromatic heterocycles. The van der Waals surface area contributed by atoms with E-state index in [1.807, 2.05) is 0 Å². The number of nitrogens with zero attached hydrogens (tertiary/aromatic N) is 2. The van der Waals surface area contributed by atoms with Crippen LogP contribution < -0.4 is 5.32 Å². The van der Waals surface area contributed by atoms with Crippen molar-refractivity contribution in [3.63, 3.8) is 0 Å². The van der Waals surface area contributed by atoms with Crippen molar-refractivity contribution in [3.05, 3.63) is 15.9 Å². The van der Waals surface area contributed by atoms with Gasteiger partial charge in [-0.05, 0) is 60.5 Å². The topological polar surface area (TPSA) is 29.9 Å². The van der Waals surface area contributed by atoms with Gasteiger partial charge in [0.1, 0.15) is 0 Å². The Labute approximate surface area is 131 Å². The molecule has 114 valence electrons. The first-order chi connectivity index (χ1) is 9.58. The van der Waals surface area contributed by atoms with Crippen LogP contribution in [-0.2, 0) is 13.5 Å². The minimum Gasteiger partial charge on any atom is -0.316 e. The summed E-state index contributed by atoms with van der Waals surface area (Å²) in [6.07, 6.45) is 9.21. The molecule has 20 heavy (non-hydrogen) atoms. The molecule has 1 aliphatic carbocycles. The fourth-order valence-corrected chi connectivity index (χ4v) is 3.95. The summed E-state index contributed by atoms with van der Waals surface area (Å²) in [5.41, 5.74) is 2.90. The lowest BCUT2D eigenvalue weighted by atomic mass is 9.71. The Bertz CT molecular complexity index is 433. The van der Waals surface area contributed by atoms with E-state index in [4.69, 9.17) is 0 Å². The quantitative estimate of drug-likeness (QED) is 0.793. The molecule has 0 spiro atoms. The van der Waals surface area contributed by atoms with Gasteiger partial charge < -0.3 is 5.32 Å². The van der Waals surface area contributed by atoms with Gasteiger partial charge in [-0.2, -0.15) is 5.10 Å². The van der Waals surface area contributed by atoms with Crippen LogP contribution in [0.25, 0.3) is 0 Å². The Hall–Kier alpha value is -0.350. The lowest BCUT2D eigenvalue weighted by Crippen LogP contribution is -2.38. The third kappa shape index (κ3) is 3.64. The Morgan fingerprint density at radius 1 is 1.30 bits per heavy atom. The van der Waals surface area contributed by atoms with E-state index in [1.165, 1.54) is 48.7 Å². The Morgan fingerprint density at radius 2 is 2.00 bits per heavy atom. The molecular weight excluding hydrogens is 314 g/mol. The van der Waals surface area contributed by atoms with Crippen LogP contribution in [0.5, 0.6) is 0 Å². The summed E-state index contributed by atoms with van der Waals surface area (Å²) in [5.74, 6) is 0. The first kappa shape index (κ1) is 16.0. The van der Waals surface area contributed by atoms with Crippen LogP contribution in [0.2, 0.25) is 0 Å². The molecule has 0 aliphatic heterocycles. The first-order valence-corrected chi connectivity index (χ1v) is 8.76. The third-order valence-corrected chi connectivity index (χ3v) is 5.68. The van der Waals surface area contributed by atoms with Gasteiger partial charge in [0.2, 0.25) is 0 Å². The molecule has 0 atom stereocenters. The molecule has 0 amide bonds. The molecule has 0 unspecified atom stereocenters. The van der Waals surface area contributed by atoms with Gasteiger partial charge in [0.15, 0.2) is 0 Å². The van der Waals surface area contributed by atoms with E-state index in [-0.39, 0.29) is 0 Å². The summed E-state index contributed by atoms with van der Waals surface area (Å²) in [6.45, 7) is 6.60. The monoisotopic (exact) mass is 341 g/mol. The number of nitrogens with one attached hydrogen (secondary N) is 1. The lowest BCUT2D eigenvalue weighted by molar-refractivity contribution is 0.177. The molecule has 1 fully saturated rings. The number of halogens is 1. The Morgan fingerprint density at radius 3 is 2.55 bits per heavy atom. The molecule has 3 nitrogen and oxygen atoms in total. The van der Waals surface area contributed by atoms with Crippen LogP contribution in [0.4, 0.5) is 0 Å². The highest BCUT2D eigenvalue weighted by Gasteiger charge is 2.33. The fourth-order valence-electron chi connectivity index (χ4n) is 3.48.